The van der Waals surface area contributed by atoms with Crippen LogP contribution < -0.4 is 4.74 Å². The molecule has 2 aromatic rings. The van der Waals surface area contributed by atoms with Crippen molar-refractivity contribution < 1.29 is 14.2 Å². The first kappa shape index (κ1) is 11.5. The number of benzene rings is 1. The highest BCUT2D eigenvalue weighted by atomic mass is 19.1. The fraction of sp³-hybridized carbons (Fsp3) is 0.167. The Kier molecular flexibility index (Phi) is 3.30. The minimum atomic E-state index is -0.467. The van der Waals surface area contributed by atoms with Gasteiger partial charge in [-0.1, -0.05) is 6.07 Å². The van der Waals surface area contributed by atoms with E-state index in [2.05, 4.69) is 9.97 Å². The number of nitrogens with zero attached hydrogens (tertiary/aromatic N) is 2. The van der Waals surface area contributed by atoms with E-state index in [0.717, 1.165) is 5.56 Å². The predicted molar refractivity (Wildman–Crippen MR) is 59.2 cm³/mol. The molecule has 0 aliphatic carbocycles. The number of halogens is 1. The minimum Gasteiger partial charge on any atom is -0.421 e. The highest BCUT2D eigenvalue weighted by molar-refractivity contribution is 5.31. The molecule has 0 bridgehead atoms. The summed E-state index contributed by atoms with van der Waals surface area (Å²) in [7, 11) is 0. The van der Waals surface area contributed by atoms with Crippen molar-refractivity contribution in [1.29, 1.82) is 0 Å². The van der Waals surface area contributed by atoms with E-state index in [4.69, 9.17) is 9.84 Å². The third-order valence-corrected chi connectivity index (χ3v) is 2.15. The van der Waals surface area contributed by atoms with Gasteiger partial charge in [0.2, 0.25) is 0 Å². The number of aryl methyl sites for hydroxylation is 1. The highest BCUT2D eigenvalue weighted by Gasteiger charge is 2.06. The van der Waals surface area contributed by atoms with Crippen molar-refractivity contribution in [2.24, 2.45) is 0 Å². The second kappa shape index (κ2) is 4.88. The summed E-state index contributed by atoms with van der Waals surface area (Å²) in [4.78, 5) is 7.71. The van der Waals surface area contributed by atoms with Gasteiger partial charge in [-0.3, -0.25) is 0 Å². The van der Waals surface area contributed by atoms with Crippen molar-refractivity contribution in [2.45, 2.75) is 13.5 Å². The molecule has 0 radical (unpaired) electrons. The smallest absolute Gasteiger partial charge is 0.321 e. The van der Waals surface area contributed by atoms with Gasteiger partial charge in [0.1, 0.15) is 0 Å². The van der Waals surface area contributed by atoms with Crippen LogP contribution in [0, 0.1) is 12.7 Å². The second-order valence-electron chi connectivity index (χ2n) is 3.57. The Morgan fingerprint density at radius 1 is 1.29 bits per heavy atom. The van der Waals surface area contributed by atoms with Crippen LogP contribution in [-0.2, 0) is 6.61 Å². The highest BCUT2D eigenvalue weighted by Crippen LogP contribution is 2.22. The summed E-state index contributed by atoms with van der Waals surface area (Å²) in [5, 5.41) is 8.82. The monoisotopic (exact) mass is 234 g/mol. The van der Waals surface area contributed by atoms with E-state index >= 15 is 0 Å². The van der Waals surface area contributed by atoms with Crippen molar-refractivity contribution in [3.63, 3.8) is 0 Å². The van der Waals surface area contributed by atoms with Gasteiger partial charge >= 0.3 is 6.01 Å². The zero-order valence-corrected chi connectivity index (χ0v) is 9.22. The minimum absolute atomic E-state index is 0.0479. The average molecular weight is 234 g/mol. The van der Waals surface area contributed by atoms with Gasteiger partial charge in [0.05, 0.1) is 6.61 Å². The summed E-state index contributed by atoms with van der Waals surface area (Å²) in [5.41, 5.74) is 1.45. The molecule has 1 aromatic carbocycles. The SMILES string of the molecule is Cc1ccc(F)c(Oc2ncc(CO)cn2)c1. The van der Waals surface area contributed by atoms with Crippen molar-refractivity contribution >= 4 is 0 Å². The fourth-order valence-electron chi connectivity index (χ4n) is 1.26. The van der Waals surface area contributed by atoms with Crippen LogP contribution in [0.2, 0.25) is 0 Å². The van der Waals surface area contributed by atoms with E-state index in [0.29, 0.717) is 5.56 Å². The lowest BCUT2D eigenvalue weighted by atomic mass is 10.2. The maximum Gasteiger partial charge on any atom is 0.321 e. The molecule has 0 saturated carbocycles. The number of aromatic nitrogens is 2. The molecule has 0 amide bonds. The molecule has 0 unspecified atom stereocenters. The van der Waals surface area contributed by atoms with Crippen LogP contribution in [0.5, 0.6) is 11.8 Å². The summed E-state index contributed by atoms with van der Waals surface area (Å²) >= 11 is 0. The van der Waals surface area contributed by atoms with Crippen molar-refractivity contribution in [2.75, 3.05) is 0 Å². The molecule has 1 heterocycles. The fourth-order valence-corrected chi connectivity index (χ4v) is 1.26. The Labute approximate surface area is 97.7 Å². The Hall–Kier alpha value is -2.01. The van der Waals surface area contributed by atoms with E-state index in [1.807, 2.05) is 6.92 Å². The average Bonchev–Trinajstić information content (AvgIpc) is 2.35. The van der Waals surface area contributed by atoms with Crippen LogP contribution in [0.15, 0.2) is 30.6 Å². The zero-order chi connectivity index (χ0) is 12.3. The van der Waals surface area contributed by atoms with Gasteiger partial charge in [-0.2, -0.15) is 0 Å². The lowest BCUT2D eigenvalue weighted by Gasteiger charge is -2.05. The van der Waals surface area contributed by atoms with Crippen LogP contribution >= 0.6 is 0 Å². The van der Waals surface area contributed by atoms with Crippen LogP contribution in [0.1, 0.15) is 11.1 Å². The van der Waals surface area contributed by atoms with E-state index in [1.165, 1.54) is 18.5 Å². The maximum atomic E-state index is 13.4. The van der Waals surface area contributed by atoms with E-state index in [9.17, 15) is 4.39 Å². The molecule has 0 atom stereocenters. The standard InChI is InChI=1S/C12H11FN2O2/c1-8-2-3-10(13)11(4-8)17-12-14-5-9(7-16)6-15-12/h2-6,16H,7H2,1H3. The number of hydrogen-bond acceptors (Lipinski definition) is 4. The van der Waals surface area contributed by atoms with E-state index < -0.39 is 5.82 Å². The Bertz CT molecular complexity index is 514. The maximum absolute atomic E-state index is 13.4. The van der Waals surface area contributed by atoms with Crippen LogP contribution in [0.25, 0.3) is 0 Å². The normalized spacial score (nSPS) is 10.3. The molecule has 17 heavy (non-hydrogen) atoms. The van der Waals surface area contributed by atoms with Crippen molar-refractivity contribution in [3.8, 4) is 11.8 Å². The van der Waals surface area contributed by atoms with Gasteiger partial charge in [-0.15, -0.1) is 0 Å². The number of aliphatic hydroxyl groups is 1. The third kappa shape index (κ3) is 2.76. The molecular weight excluding hydrogens is 223 g/mol. The van der Waals surface area contributed by atoms with Crippen LogP contribution in [0.3, 0.4) is 0 Å². The van der Waals surface area contributed by atoms with E-state index in [-0.39, 0.29) is 18.4 Å². The Morgan fingerprint density at radius 3 is 2.65 bits per heavy atom. The Morgan fingerprint density at radius 2 is 2.00 bits per heavy atom. The summed E-state index contributed by atoms with van der Waals surface area (Å²) < 4.78 is 18.6. The van der Waals surface area contributed by atoms with Gasteiger partial charge < -0.3 is 9.84 Å². The van der Waals surface area contributed by atoms with Crippen molar-refractivity contribution in [3.05, 3.63) is 47.5 Å². The first-order valence-electron chi connectivity index (χ1n) is 5.05. The molecule has 5 heteroatoms. The zero-order valence-electron chi connectivity index (χ0n) is 9.22. The molecule has 1 N–H and O–H groups in total. The lowest BCUT2D eigenvalue weighted by Crippen LogP contribution is -1.95. The summed E-state index contributed by atoms with van der Waals surface area (Å²) in [6.45, 7) is 1.70. The predicted octanol–water partition coefficient (Wildman–Crippen LogP) is 2.21. The topological polar surface area (TPSA) is 55.2 Å². The molecule has 0 spiro atoms. The van der Waals surface area contributed by atoms with Crippen LogP contribution in [0.4, 0.5) is 4.39 Å². The van der Waals surface area contributed by atoms with Crippen molar-refractivity contribution in [1.82, 2.24) is 9.97 Å². The molecule has 0 saturated heterocycles. The third-order valence-electron chi connectivity index (χ3n) is 2.15. The largest absolute Gasteiger partial charge is 0.421 e. The quantitative estimate of drug-likeness (QED) is 0.884. The number of rotatable bonds is 3. The molecule has 1 aromatic heterocycles. The Balaban J connectivity index is 2.22. The second-order valence-corrected chi connectivity index (χ2v) is 3.57. The first-order chi connectivity index (χ1) is 8.19. The number of hydrogen-bond donors (Lipinski definition) is 1. The van der Waals surface area contributed by atoms with Gasteiger partial charge in [-0.25, -0.2) is 14.4 Å². The molecule has 4 nitrogen and oxygen atoms in total. The molecule has 2 rings (SSSR count). The summed E-state index contributed by atoms with van der Waals surface area (Å²) in [5.74, 6) is -0.382. The molecular formula is C12H11FN2O2. The summed E-state index contributed by atoms with van der Waals surface area (Å²) in [6.07, 6.45) is 2.85. The number of ether oxygens (including phenoxy) is 1. The van der Waals surface area contributed by atoms with Gasteiger partial charge in [0, 0.05) is 18.0 Å². The van der Waals surface area contributed by atoms with Gasteiger partial charge in [-0.05, 0) is 24.6 Å². The van der Waals surface area contributed by atoms with Gasteiger partial charge in [0.15, 0.2) is 11.6 Å². The van der Waals surface area contributed by atoms with Crippen LogP contribution in [-0.4, -0.2) is 15.1 Å². The molecule has 0 fully saturated rings. The molecule has 0 aliphatic heterocycles. The van der Waals surface area contributed by atoms with E-state index in [1.54, 1.807) is 12.1 Å². The first-order valence-corrected chi connectivity index (χ1v) is 5.05. The van der Waals surface area contributed by atoms with Gasteiger partial charge in [0.25, 0.3) is 0 Å². The molecule has 88 valence electrons. The number of aliphatic hydroxyl groups excluding tert-OH is 1. The molecule has 0 aliphatic rings. The lowest BCUT2D eigenvalue weighted by molar-refractivity contribution is 0.280. The summed E-state index contributed by atoms with van der Waals surface area (Å²) in [6, 6.07) is 4.59.